The Bertz CT molecular complexity index is 532. The average Bonchev–Trinajstić information content (AvgIpc) is 3.09. The first-order chi connectivity index (χ1) is 9.71. The smallest absolute Gasteiger partial charge is 0.141 e. The van der Waals surface area contributed by atoms with Crippen molar-refractivity contribution in [2.75, 3.05) is 11.9 Å². The van der Waals surface area contributed by atoms with Gasteiger partial charge in [0, 0.05) is 12.2 Å². The van der Waals surface area contributed by atoms with Crippen LogP contribution in [-0.4, -0.2) is 18.2 Å². The summed E-state index contributed by atoms with van der Waals surface area (Å²) >= 11 is 0. The van der Waals surface area contributed by atoms with E-state index in [1.807, 2.05) is 6.07 Å². The average molecular weight is 274 g/mol. The maximum absolute atomic E-state index is 13.2. The number of halogens is 1. The number of hydrogen-bond donors (Lipinski definition) is 1. The van der Waals surface area contributed by atoms with E-state index in [4.69, 9.17) is 10.00 Å². The van der Waals surface area contributed by atoms with Crippen LogP contribution in [0.25, 0.3) is 0 Å². The quantitative estimate of drug-likeness (QED) is 0.916. The second-order valence-corrected chi connectivity index (χ2v) is 5.86. The van der Waals surface area contributed by atoms with Gasteiger partial charge in [-0.05, 0) is 43.9 Å². The van der Waals surface area contributed by atoms with E-state index in [1.165, 1.54) is 31.7 Å². The molecule has 0 bridgehead atoms. The summed E-state index contributed by atoms with van der Waals surface area (Å²) in [6, 6.07) is 6.40. The first-order valence-corrected chi connectivity index (χ1v) is 7.32. The van der Waals surface area contributed by atoms with Gasteiger partial charge in [-0.25, -0.2) is 4.39 Å². The lowest BCUT2D eigenvalue weighted by Crippen LogP contribution is -2.27. The minimum Gasteiger partial charge on any atom is -0.382 e. The highest BCUT2D eigenvalue weighted by Crippen LogP contribution is 2.43. The zero-order valence-corrected chi connectivity index (χ0v) is 11.5. The van der Waals surface area contributed by atoms with Crippen molar-refractivity contribution in [3.63, 3.8) is 0 Å². The highest BCUT2D eigenvalue weighted by molar-refractivity contribution is 5.49. The summed E-state index contributed by atoms with van der Waals surface area (Å²) in [7, 11) is 0. The Morgan fingerprint density at radius 2 is 2.15 bits per heavy atom. The number of nitrogens with zero attached hydrogens (tertiary/aromatic N) is 1. The molecule has 20 heavy (non-hydrogen) atoms. The third-order valence-corrected chi connectivity index (χ3v) is 4.47. The van der Waals surface area contributed by atoms with Crippen molar-refractivity contribution >= 4 is 5.69 Å². The lowest BCUT2D eigenvalue weighted by atomic mass is 9.98. The van der Waals surface area contributed by atoms with Gasteiger partial charge >= 0.3 is 0 Å². The van der Waals surface area contributed by atoms with Crippen molar-refractivity contribution in [3.8, 4) is 6.07 Å². The normalized spacial score (nSPS) is 23.9. The summed E-state index contributed by atoms with van der Waals surface area (Å²) in [6.07, 6.45) is 7.42. The maximum atomic E-state index is 13.2. The molecule has 4 heteroatoms. The molecule has 1 heterocycles. The number of nitrogens with one attached hydrogen (secondary N) is 1. The molecule has 106 valence electrons. The third kappa shape index (κ3) is 2.64. The highest BCUT2D eigenvalue weighted by Gasteiger charge is 2.41. The largest absolute Gasteiger partial charge is 0.382 e. The number of anilines is 1. The molecule has 2 fully saturated rings. The van der Waals surface area contributed by atoms with Gasteiger partial charge < -0.3 is 10.1 Å². The van der Waals surface area contributed by atoms with Crippen molar-refractivity contribution < 1.29 is 9.13 Å². The van der Waals surface area contributed by atoms with Crippen molar-refractivity contribution in [1.82, 2.24) is 0 Å². The van der Waals surface area contributed by atoms with Crippen LogP contribution in [0.1, 0.15) is 44.1 Å². The Balaban J connectivity index is 1.57. The number of benzene rings is 1. The van der Waals surface area contributed by atoms with Gasteiger partial charge in [0.2, 0.25) is 0 Å². The van der Waals surface area contributed by atoms with E-state index in [1.54, 1.807) is 12.1 Å². The molecule has 1 saturated heterocycles. The molecule has 1 N–H and O–H groups in total. The summed E-state index contributed by atoms with van der Waals surface area (Å²) in [6.45, 7) is 0.720. The van der Waals surface area contributed by atoms with Crippen LogP contribution in [0.2, 0.25) is 0 Å². The van der Waals surface area contributed by atoms with Crippen LogP contribution >= 0.6 is 0 Å². The van der Waals surface area contributed by atoms with Gasteiger partial charge in [0.05, 0.1) is 17.3 Å². The molecule has 1 unspecified atom stereocenters. The van der Waals surface area contributed by atoms with E-state index < -0.39 is 5.82 Å². The fraction of sp³-hybridized carbons (Fsp3) is 0.562. The van der Waals surface area contributed by atoms with Gasteiger partial charge in [0.25, 0.3) is 0 Å². The minimum atomic E-state index is -0.472. The standard InChI is InChI=1S/C16H19FN2O/c17-15-4-3-13(9-12(15)10-18)19-11-14-5-8-16(20-14)6-1-2-7-16/h3-4,9,14,19H,1-2,5-8,11H2. The molecule has 1 aliphatic carbocycles. The molecule has 1 saturated carbocycles. The third-order valence-electron chi connectivity index (χ3n) is 4.47. The van der Waals surface area contributed by atoms with Crippen LogP contribution in [0.15, 0.2) is 18.2 Å². The summed E-state index contributed by atoms with van der Waals surface area (Å²) in [5, 5.41) is 12.1. The molecule has 2 aliphatic rings. The first kappa shape index (κ1) is 13.4. The number of hydrogen-bond acceptors (Lipinski definition) is 3. The molecule has 0 aromatic heterocycles. The van der Waals surface area contributed by atoms with Crippen LogP contribution in [-0.2, 0) is 4.74 Å². The van der Waals surface area contributed by atoms with Crippen LogP contribution in [0.3, 0.4) is 0 Å². The summed E-state index contributed by atoms with van der Waals surface area (Å²) in [5.74, 6) is -0.472. The van der Waals surface area contributed by atoms with Gasteiger partial charge in [0.15, 0.2) is 0 Å². The van der Waals surface area contributed by atoms with Gasteiger partial charge in [-0.1, -0.05) is 12.8 Å². The zero-order valence-electron chi connectivity index (χ0n) is 11.5. The highest BCUT2D eigenvalue weighted by atomic mass is 19.1. The molecule has 1 spiro atoms. The Hall–Kier alpha value is -1.60. The van der Waals surface area contributed by atoms with E-state index >= 15 is 0 Å². The van der Waals surface area contributed by atoms with E-state index in [0.717, 1.165) is 25.1 Å². The molecule has 1 aromatic rings. The molecule has 0 radical (unpaired) electrons. The topological polar surface area (TPSA) is 45.0 Å². The second-order valence-electron chi connectivity index (χ2n) is 5.86. The lowest BCUT2D eigenvalue weighted by Gasteiger charge is -2.24. The van der Waals surface area contributed by atoms with Gasteiger partial charge in [-0.2, -0.15) is 5.26 Å². The van der Waals surface area contributed by atoms with Gasteiger partial charge in [-0.3, -0.25) is 0 Å². The van der Waals surface area contributed by atoms with Crippen LogP contribution in [0.5, 0.6) is 0 Å². The number of nitriles is 1. The van der Waals surface area contributed by atoms with Crippen molar-refractivity contribution in [2.45, 2.75) is 50.2 Å². The zero-order chi connectivity index (χ0) is 14.0. The fourth-order valence-corrected chi connectivity index (χ4v) is 3.38. The number of ether oxygens (including phenoxy) is 1. The fourth-order valence-electron chi connectivity index (χ4n) is 3.38. The Morgan fingerprint density at radius 3 is 2.90 bits per heavy atom. The Labute approximate surface area is 118 Å². The van der Waals surface area contributed by atoms with Crippen molar-refractivity contribution in [1.29, 1.82) is 5.26 Å². The van der Waals surface area contributed by atoms with E-state index in [2.05, 4.69) is 5.32 Å². The van der Waals surface area contributed by atoms with Gasteiger partial charge in [-0.15, -0.1) is 0 Å². The predicted molar refractivity (Wildman–Crippen MR) is 74.9 cm³/mol. The maximum Gasteiger partial charge on any atom is 0.141 e. The monoisotopic (exact) mass is 274 g/mol. The van der Waals surface area contributed by atoms with E-state index in [9.17, 15) is 4.39 Å². The molecular formula is C16H19FN2O. The van der Waals surface area contributed by atoms with Crippen LogP contribution in [0.4, 0.5) is 10.1 Å². The van der Waals surface area contributed by atoms with E-state index in [-0.39, 0.29) is 17.3 Å². The summed E-state index contributed by atoms with van der Waals surface area (Å²) in [5.41, 5.74) is 1.00. The number of rotatable bonds is 3. The summed E-state index contributed by atoms with van der Waals surface area (Å²) < 4.78 is 19.4. The van der Waals surface area contributed by atoms with Crippen molar-refractivity contribution in [2.24, 2.45) is 0 Å². The summed E-state index contributed by atoms with van der Waals surface area (Å²) in [4.78, 5) is 0. The van der Waals surface area contributed by atoms with Gasteiger partial charge in [0.1, 0.15) is 11.9 Å². The molecule has 3 rings (SSSR count). The molecule has 0 amide bonds. The van der Waals surface area contributed by atoms with Crippen molar-refractivity contribution in [3.05, 3.63) is 29.6 Å². The predicted octanol–water partition coefficient (Wildman–Crippen LogP) is 3.60. The lowest BCUT2D eigenvalue weighted by molar-refractivity contribution is -0.0307. The molecule has 1 aromatic carbocycles. The molecule has 1 aliphatic heterocycles. The molecule has 3 nitrogen and oxygen atoms in total. The molecule has 1 atom stereocenters. The molecular weight excluding hydrogens is 255 g/mol. The van der Waals surface area contributed by atoms with E-state index in [0.29, 0.717) is 0 Å². The minimum absolute atomic E-state index is 0.0783. The Morgan fingerprint density at radius 1 is 1.35 bits per heavy atom. The SMILES string of the molecule is N#Cc1cc(NCC2CCC3(CCCC3)O2)ccc1F. The van der Waals surface area contributed by atoms with Crippen LogP contribution in [0, 0.1) is 17.1 Å². The van der Waals surface area contributed by atoms with Crippen LogP contribution < -0.4 is 5.32 Å². The Kier molecular flexibility index (Phi) is 3.62. The first-order valence-electron chi connectivity index (χ1n) is 7.32. The second kappa shape index (κ2) is 5.41.